The lowest BCUT2D eigenvalue weighted by Crippen LogP contribution is -1.91. The van der Waals surface area contributed by atoms with Crippen LogP contribution in [0.2, 0.25) is 0 Å². The molecule has 0 aliphatic carbocycles. The first-order valence-corrected chi connectivity index (χ1v) is 47.8. The lowest BCUT2D eigenvalue weighted by atomic mass is 9.84. The molecule has 0 amide bonds. The Balaban J connectivity index is 0.0000000972. The van der Waals surface area contributed by atoms with Crippen molar-refractivity contribution in [2.45, 2.75) is 0 Å². The fourth-order valence-electron chi connectivity index (χ4n) is 23.7. The van der Waals surface area contributed by atoms with Gasteiger partial charge < -0.3 is 39.8 Å². The molecule has 24 aromatic carbocycles. The Morgan fingerprint density at radius 2 is 0.270 bits per heavy atom. The predicted octanol–water partition coefficient (Wildman–Crippen LogP) is 39.1. The molecule has 0 saturated heterocycles. The van der Waals surface area contributed by atoms with E-state index < -0.39 is 0 Å². The van der Waals surface area contributed by atoms with Gasteiger partial charge in [0.25, 0.3) is 0 Å². The normalized spacial score (nSPS) is 12.3. The van der Waals surface area contributed by atoms with Gasteiger partial charge in [-0.05, 0) is 271 Å². The molecule has 0 aliphatic heterocycles. The maximum Gasteiger partial charge on any atom is 0.136 e. The highest BCUT2D eigenvalue weighted by Crippen LogP contribution is 2.54. The molecule has 0 aliphatic rings. The summed E-state index contributed by atoms with van der Waals surface area (Å²) in [7, 11) is 0. The van der Waals surface area contributed by atoms with E-state index in [0.29, 0.717) is 0 Å². The maximum absolute atomic E-state index is 6.44. The van der Waals surface area contributed by atoms with Crippen LogP contribution in [0.5, 0.6) is 0 Å². The van der Waals surface area contributed by atoms with E-state index in [0.717, 1.165) is 220 Å². The summed E-state index contributed by atoms with van der Waals surface area (Å²) < 4.78 is 56.9. The summed E-state index contributed by atoms with van der Waals surface area (Å²) in [5, 5.41) is 34.4. The zero-order valence-corrected chi connectivity index (χ0v) is 75.2. The lowest BCUT2D eigenvalue weighted by molar-refractivity contribution is 0.663. The average molecular weight is 1800 g/mol. The Morgan fingerprint density at radius 3 is 0.582 bits per heavy atom. The largest absolute Gasteiger partial charge is 0.456 e. The molecular weight excluding hydrogens is 1730 g/mol. The topological polar surface area (TPSA) is 118 Å². The standard InChI is InChI=1S/3C44H24O3/c1-3-12-28-26(10-1)40(25-20-21-36-33(24-25)44-39(47-36)23-22-38-43(44)31-15-6-8-18-35(31)46-38)27-11-2-4-13-29(27)41(28)32-16-9-19-37-42(32)30-14-5-7-17-34(30)45-37;1-3-12-31-29(10-1)41(25-18-20-37-34(23-25)44-39(46-37)22-21-38-43(44)33-14-6-8-16-36(33)45-38)30-11-2-4-13-32(30)42(31)26-17-19-28-27-9-5-7-15-35(27)47-40(28)24-26;1-3-12-30-28(10-1)41(25-17-19-37-33(23-25)27-9-5-7-15-35(27)45-37)29-11-2-4-13-31(29)42(30)26-18-20-38-34(24-26)44-40(47-38)22-21-39-43(44)32-14-6-8-16-36(32)46-39/h3*1-24H. The molecule has 141 heavy (non-hydrogen) atoms. The fourth-order valence-corrected chi connectivity index (χ4v) is 23.7. The van der Waals surface area contributed by atoms with Crippen molar-refractivity contribution in [1.82, 2.24) is 0 Å². The van der Waals surface area contributed by atoms with Crippen LogP contribution in [0.25, 0.3) is 329 Å². The Hall–Kier alpha value is -19.0. The molecule has 0 atom stereocenters. The minimum absolute atomic E-state index is 0.863. The van der Waals surface area contributed by atoms with Gasteiger partial charge in [-0.25, -0.2) is 0 Å². The molecule has 0 spiro atoms. The Labute approximate surface area is 799 Å². The summed E-state index contributed by atoms with van der Waals surface area (Å²) >= 11 is 0. The van der Waals surface area contributed by atoms with Gasteiger partial charge in [0.1, 0.15) is 100 Å². The molecule has 0 bridgehead atoms. The van der Waals surface area contributed by atoms with Crippen LogP contribution in [0.3, 0.4) is 0 Å². The van der Waals surface area contributed by atoms with E-state index >= 15 is 0 Å². The second-order valence-corrected chi connectivity index (χ2v) is 37.1. The van der Waals surface area contributed by atoms with Gasteiger partial charge >= 0.3 is 0 Å². The first-order valence-electron chi connectivity index (χ1n) is 47.8. The van der Waals surface area contributed by atoms with E-state index in [2.05, 4.69) is 328 Å². The molecule has 9 heterocycles. The van der Waals surface area contributed by atoms with Crippen molar-refractivity contribution in [1.29, 1.82) is 0 Å². The molecule has 654 valence electrons. The molecule has 9 heteroatoms. The smallest absolute Gasteiger partial charge is 0.136 e. The van der Waals surface area contributed by atoms with Gasteiger partial charge in [0.15, 0.2) is 0 Å². The lowest BCUT2D eigenvalue weighted by Gasteiger charge is -2.18. The van der Waals surface area contributed by atoms with Gasteiger partial charge in [0.05, 0.1) is 0 Å². The highest BCUT2D eigenvalue weighted by Gasteiger charge is 2.28. The minimum atomic E-state index is 0.863. The average Bonchev–Trinajstić information content (AvgIpc) is 1.69. The van der Waals surface area contributed by atoms with Crippen molar-refractivity contribution in [2.24, 2.45) is 0 Å². The third kappa shape index (κ3) is 11.4. The molecule has 0 fully saturated rings. The van der Waals surface area contributed by atoms with Crippen LogP contribution in [-0.4, -0.2) is 0 Å². The first-order chi connectivity index (χ1) is 69.9. The van der Waals surface area contributed by atoms with Crippen molar-refractivity contribution in [2.75, 3.05) is 0 Å². The monoisotopic (exact) mass is 1800 g/mol. The van der Waals surface area contributed by atoms with Crippen LogP contribution < -0.4 is 0 Å². The van der Waals surface area contributed by atoms with Crippen LogP contribution in [0.15, 0.2) is 477 Å². The number of para-hydroxylation sites is 6. The van der Waals surface area contributed by atoms with Crippen molar-refractivity contribution in [3.63, 3.8) is 0 Å². The van der Waals surface area contributed by atoms with Gasteiger partial charge in [-0.2, -0.15) is 0 Å². The molecule has 0 radical (unpaired) electrons. The number of hydrogen-bond donors (Lipinski definition) is 0. The zero-order valence-electron chi connectivity index (χ0n) is 75.2. The summed E-state index contributed by atoms with van der Waals surface area (Å²) in [6.45, 7) is 0. The van der Waals surface area contributed by atoms with Crippen molar-refractivity contribution < 1.29 is 39.8 Å². The molecule has 0 saturated carbocycles. The van der Waals surface area contributed by atoms with Gasteiger partial charge in [-0.1, -0.05) is 297 Å². The van der Waals surface area contributed by atoms with Crippen LogP contribution in [0, 0.1) is 0 Å². The van der Waals surface area contributed by atoms with E-state index in [9.17, 15) is 0 Å². The first kappa shape index (κ1) is 77.3. The Kier molecular flexibility index (Phi) is 16.3. The number of benzene rings is 24. The Bertz CT molecular complexity index is 11100. The molecule has 0 unspecified atom stereocenters. The van der Waals surface area contributed by atoms with E-state index in [1.165, 1.54) is 109 Å². The van der Waals surface area contributed by atoms with Crippen molar-refractivity contribution >= 4 is 262 Å². The quantitative estimate of drug-likeness (QED) is 0.150. The van der Waals surface area contributed by atoms with Crippen LogP contribution in [0.4, 0.5) is 0 Å². The molecule has 33 rings (SSSR count). The molecule has 9 aromatic heterocycles. The number of hydrogen-bond acceptors (Lipinski definition) is 9. The minimum Gasteiger partial charge on any atom is -0.456 e. The van der Waals surface area contributed by atoms with Crippen LogP contribution in [0.1, 0.15) is 0 Å². The number of furan rings is 9. The van der Waals surface area contributed by atoms with Gasteiger partial charge in [-0.3, -0.25) is 0 Å². The number of fused-ring (bicyclic) bond motifs is 36. The maximum atomic E-state index is 6.44. The predicted molar refractivity (Wildman–Crippen MR) is 582 cm³/mol. The number of rotatable bonds is 6. The third-order valence-corrected chi connectivity index (χ3v) is 29.6. The molecule has 33 aromatic rings. The van der Waals surface area contributed by atoms with E-state index in [1.807, 2.05) is 109 Å². The summed E-state index contributed by atoms with van der Waals surface area (Å²) in [5.41, 5.74) is 30.1. The Morgan fingerprint density at radius 1 is 0.0922 bits per heavy atom. The summed E-state index contributed by atoms with van der Waals surface area (Å²) in [6, 6.07) is 154. The van der Waals surface area contributed by atoms with E-state index in [-0.39, 0.29) is 0 Å². The van der Waals surface area contributed by atoms with Gasteiger partial charge in [0, 0.05) is 97.0 Å². The zero-order chi connectivity index (χ0) is 91.9. The molecule has 9 nitrogen and oxygen atoms in total. The van der Waals surface area contributed by atoms with Crippen molar-refractivity contribution in [3.8, 4) is 66.8 Å². The fraction of sp³-hybridized carbons (Fsp3) is 0. The van der Waals surface area contributed by atoms with E-state index in [4.69, 9.17) is 39.8 Å². The SMILES string of the molecule is c1ccc2c(c1)oc1cc(-c3c4ccccc4c(-c4ccc5oc6ccc7oc8ccccc8c7c6c5c4)c4ccccc34)ccc12.c1ccc2c(c1)oc1ccc(-c3c4ccccc4c(-c4ccc5oc6ccc7oc8ccccc8c7c6c5c4)c4ccccc34)cc12.c1ccc2c(c1)oc1cccc(-c3c4ccccc4c(-c4ccc5oc6ccc7oc8ccccc8c7c6c5c4)c4ccccc34)c12. The van der Waals surface area contributed by atoms with Gasteiger partial charge in [0.2, 0.25) is 0 Å². The molecule has 0 N–H and O–H groups in total. The summed E-state index contributed by atoms with van der Waals surface area (Å²) in [4.78, 5) is 0. The van der Waals surface area contributed by atoms with Crippen LogP contribution >= 0.6 is 0 Å². The second-order valence-electron chi connectivity index (χ2n) is 37.1. The third-order valence-electron chi connectivity index (χ3n) is 29.6. The highest BCUT2D eigenvalue weighted by molar-refractivity contribution is 6.33. The highest BCUT2D eigenvalue weighted by atomic mass is 16.4. The summed E-state index contributed by atoms with van der Waals surface area (Å²) in [6.07, 6.45) is 0. The van der Waals surface area contributed by atoms with Crippen LogP contribution in [-0.2, 0) is 0 Å². The van der Waals surface area contributed by atoms with Crippen molar-refractivity contribution in [3.05, 3.63) is 437 Å². The summed E-state index contributed by atoms with van der Waals surface area (Å²) in [5.74, 6) is 0. The van der Waals surface area contributed by atoms with E-state index in [1.54, 1.807) is 0 Å². The second kappa shape index (κ2) is 29.8. The molecular formula is C132H72O9. The van der Waals surface area contributed by atoms with Gasteiger partial charge in [-0.15, -0.1) is 0 Å².